The van der Waals surface area contributed by atoms with Crippen molar-refractivity contribution in [3.63, 3.8) is 0 Å². The van der Waals surface area contributed by atoms with E-state index >= 15 is 0 Å². The van der Waals surface area contributed by atoms with Crippen molar-refractivity contribution in [3.8, 4) is 0 Å². The van der Waals surface area contributed by atoms with Crippen LogP contribution in [0.2, 0.25) is 0 Å². The number of imide groups is 1. The van der Waals surface area contributed by atoms with E-state index in [9.17, 15) is 22.8 Å². The lowest BCUT2D eigenvalue weighted by Gasteiger charge is -2.11. The maximum absolute atomic E-state index is 12.0. The van der Waals surface area contributed by atoms with E-state index in [-0.39, 0.29) is 17.0 Å². The highest BCUT2D eigenvalue weighted by atomic mass is 32.2. The second-order valence-electron chi connectivity index (χ2n) is 6.35. The number of anilines is 1. The Bertz CT molecular complexity index is 1050. The molecule has 10 heteroatoms. The number of amides is 3. The van der Waals surface area contributed by atoms with E-state index in [1.807, 2.05) is 19.9 Å². The fourth-order valence-corrected chi connectivity index (χ4v) is 3.50. The maximum atomic E-state index is 12.0. The number of carbonyl (C=O) groups excluding carboxylic acids is 3. The molecule has 160 valence electrons. The van der Waals surface area contributed by atoms with E-state index < -0.39 is 34.5 Å². The lowest BCUT2D eigenvalue weighted by atomic mass is 10.1. The minimum absolute atomic E-state index is 0.00163. The van der Waals surface area contributed by atoms with Gasteiger partial charge in [-0.1, -0.05) is 19.1 Å². The van der Waals surface area contributed by atoms with E-state index in [1.54, 1.807) is 19.1 Å². The highest BCUT2D eigenvalue weighted by Crippen LogP contribution is 2.17. The predicted molar refractivity (Wildman–Crippen MR) is 111 cm³/mol. The first-order valence-electron chi connectivity index (χ1n) is 9.08. The molecule has 0 bridgehead atoms. The van der Waals surface area contributed by atoms with Crippen molar-refractivity contribution in [2.45, 2.75) is 25.7 Å². The molecule has 2 aromatic rings. The molecule has 0 unspecified atom stereocenters. The SMILES string of the molecule is CCNS(=O)(=O)c1ccc(C(=O)OCC(=O)NC(=O)Nc2cccc(C)c2C)cc1. The lowest BCUT2D eigenvalue weighted by molar-refractivity contribution is -0.123. The number of urea groups is 1. The summed E-state index contributed by atoms with van der Waals surface area (Å²) < 4.78 is 31.0. The number of hydrogen-bond acceptors (Lipinski definition) is 6. The van der Waals surface area contributed by atoms with Gasteiger partial charge in [-0.3, -0.25) is 10.1 Å². The van der Waals surface area contributed by atoms with E-state index in [4.69, 9.17) is 4.74 Å². The molecule has 0 saturated carbocycles. The molecule has 2 rings (SSSR count). The summed E-state index contributed by atoms with van der Waals surface area (Å²) in [6, 6.07) is 9.68. The van der Waals surface area contributed by atoms with E-state index in [2.05, 4.69) is 15.4 Å². The third-order valence-electron chi connectivity index (χ3n) is 4.17. The largest absolute Gasteiger partial charge is 0.452 e. The molecule has 3 N–H and O–H groups in total. The molecule has 0 aliphatic carbocycles. The van der Waals surface area contributed by atoms with Crippen molar-refractivity contribution in [3.05, 3.63) is 59.2 Å². The molecular formula is C20H23N3O6S. The average molecular weight is 433 g/mol. The van der Waals surface area contributed by atoms with E-state index in [0.717, 1.165) is 11.1 Å². The molecule has 0 saturated heterocycles. The van der Waals surface area contributed by atoms with Crippen LogP contribution >= 0.6 is 0 Å². The van der Waals surface area contributed by atoms with Gasteiger partial charge in [-0.2, -0.15) is 0 Å². The van der Waals surface area contributed by atoms with Gasteiger partial charge in [0.25, 0.3) is 5.91 Å². The second-order valence-corrected chi connectivity index (χ2v) is 8.12. The van der Waals surface area contributed by atoms with Crippen LogP contribution in [0, 0.1) is 13.8 Å². The lowest BCUT2D eigenvalue weighted by Crippen LogP contribution is -2.37. The van der Waals surface area contributed by atoms with Crippen LogP contribution in [0.1, 0.15) is 28.4 Å². The molecule has 0 spiro atoms. The predicted octanol–water partition coefficient (Wildman–Crippen LogP) is 2.11. The molecule has 30 heavy (non-hydrogen) atoms. The zero-order valence-corrected chi connectivity index (χ0v) is 17.6. The Morgan fingerprint density at radius 3 is 2.30 bits per heavy atom. The van der Waals surface area contributed by atoms with Gasteiger partial charge < -0.3 is 10.1 Å². The summed E-state index contributed by atoms with van der Waals surface area (Å²) in [4.78, 5) is 35.8. The Hall–Kier alpha value is -3.24. The Balaban J connectivity index is 1.87. The van der Waals surface area contributed by atoms with Crippen molar-refractivity contribution in [1.29, 1.82) is 0 Å². The smallest absolute Gasteiger partial charge is 0.338 e. The molecule has 0 aromatic heterocycles. The number of sulfonamides is 1. The number of esters is 1. The average Bonchev–Trinajstić information content (AvgIpc) is 2.69. The van der Waals surface area contributed by atoms with E-state index in [1.165, 1.54) is 24.3 Å². The number of hydrogen-bond donors (Lipinski definition) is 3. The van der Waals surface area contributed by atoms with Crippen LogP contribution in [-0.2, 0) is 19.6 Å². The monoisotopic (exact) mass is 433 g/mol. The standard InChI is InChI=1S/C20H23N3O6S/c1-4-21-30(27,28)16-10-8-15(9-11-16)19(25)29-12-18(24)23-20(26)22-17-7-5-6-13(2)14(17)3/h5-11,21H,4,12H2,1-3H3,(H2,22,23,24,26). The summed E-state index contributed by atoms with van der Waals surface area (Å²) in [6.45, 7) is 4.94. The molecule has 2 aromatic carbocycles. The van der Waals surface area contributed by atoms with Crippen LogP contribution in [0.4, 0.5) is 10.5 Å². The zero-order valence-electron chi connectivity index (χ0n) is 16.8. The molecular weight excluding hydrogens is 410 g/mol. The second kappa shape index (κ2) is 9.99. The molecule has 0 fully saturated rings. The summed E-state index contributed by atoms with van der Waals surface area (Å²) in [6.07, 6.45) is 0. The van der Waals surface area contributed by atoms with E-state index in [0.29, 0.717) is 5.69 Å². The molecule has 0 heterocycles. The van der Waals surface area contributed by atoms with Gasteiger partial charge in [0.15, 0.2) is 6.61 Å². The van der Waals surface area contributed by atoms with Gasteiger partial charge in [-0.25, -0.2) is 22.7 Å². The molecule has 0 aliphatic heterocycles. The topological polar surface area (TPSA) is 131 Å². The highest BCUT2D eigenvalue weighted by Gasteiger charge is 2.16. The van der Waals surface area contributed by atoms with Crippen molar-refractivity contribution < 1.29 is 27.5 Å². The molecule has 0 radical (unpaired) electrons. The third kappa shape index (κ3) is 6.13. The number of rotatable bonds is 7. The van der Waals surface area contributed by atoms with Crippen molar-refractivity contribution in [2.75, 3.05) is 18.5 Å². The Morgan fingerprint density at radius 1 is 1.00 bits per heavy atom. The van der Waals surface area contributed by atoms with Crippen molar-refractivity contribution in [1.82, 2.24) is 10.0 Å². The zero-order chi connectivity index (χ0) is 22.3. The molecule has 0 aliphatic rings. The van der Waals surface area contributed by atoms with Gasteiger partial charge in [0.2, 0.25) is 10.0 Å². The van der Waals surface area contributed by atoms with Crippen LogP contribution in [0.5, 0.6) is 0 Å². The van der Waals surface area contributed by atoms with Crippen LogP contribution in [0.15, 0.2) is 47.4 Å². The fraction of sp³-hybridized carbons (Fsp3) is 0.250. The third-order valence-corrected chi connectivity index (χ3v) is 5.74. The number of ether oxygens (including phenoxy) is 1. The van der Waals surface area contributed by atoms with Crippen LogP contribution in [-0.4, -0.2) is 39.5 Å². The summed E-state index contributed by atoms with van der Waals surface area (Å²) in [5.74, 6) is -1.63. The van der Waals surface area contributed by atoms with Crippen LogP contribution < -0.4 is 15.4 Å². The normalized spacial score (nSPS) is 10.9. The van der Waals surface area contributed by atoms with Crippen molar-refractivity contribution in [2.24, 2.45) is 0 Å². The number of carbonyl (C=O) groups is 3. The Labute approximate surface area is 174 Å². The summed E-state index contributed by atoms with van der Waals surface area (Å²) in [5.41, 5.74) is 2.48. The first-order valence-corrected chi connectivity index (χ1v) is 10.6. The van der Waals surface area contributed by atoms with Gasteiger partial charge in [-0.05, 0) is 55.3 Å². The Morgan fingerprint density at radius 2 is 1.67 bits per heavy atom. The minimum Gasteiger partial charge on any atom is -0.452 e. The quantitative estimate of drug-likeness (QED) is 0.573. The summed E-state index contributed by atoms with van der Waals surface area (Å²) in [5, 5.41) is 4.63. The first-order chi connectivity index (χ1) is 14.1. The summed E-state index contributed by atoms with van der Waals surface area (Å²) in [7, 11) is -3.63. The van der Waals surface area contributed by atoms with Crippen LogP contribution in [0.3, 0.4) is 0 Å². The fourth-order valence-electron chi connectivity index (χ4n) is 2.46. The number of aryl methyl sites for hydroxylation is 1. The molecule has 0 atom stereocenters. The first kappa shape index (κ1) is 23.0. The van der Waals surface area contributed by atoms with Crippen molar-refractivity contribution >= 4 is 33.6 Å². The number of benzene rings is 2. The van der Waals surface area contributed by atoms with Crippen LogP contribution in [0.25, 0.3) is 0 Å². The Kier molecular flexibility index (Phi) is 7.67. The van der Waals surface area contributed by atoms with Gasteiger partial charge in [-0.15, -0.1) is 0 Å². The maximum Gasteiger partial charge on any atom is 0.338 e. The van der Waals surface area contributed by atoms with Gasteiger partial charge in [0, 0.05) is 12.2 Å². The summed E-state index contributed by atoms with van der Waals surface area (Å²) >= 11 is 0. The molecule has 9 nitrogen and oxygen atoms in total. The number of nitrogens with one attached hydrogen (secondary N) is 3. The minimum atomic E-state index is -3.63. The van der Waals surface area contributed by atoms with Gasteiger partial charge >= 0.3 is 12.0 Å². The van der Waals surface area contributed by atoms with Gasteiger partial charge in [0.05, 0.1) is 10.5 Å². The van der Waals surface area contributed by atoms with Gasteiger partial charge in [0.1, 0.15) is 0 Å². The molecule has 3 amide bonds. The highest BCUT2D eigenvalue weighted by molar-refractivity contribution is 7.89.